The summed E-state index contributed by atoms with van der Waals surface area (Å²) in [5, 5.41) is 2.80. The minimum atomic E-state index is -0.189. The van der Waals surface area contributed by atoms with Gasteiger partial charge in [-0.25, -0.2) is 0 Å². The van der Waals surface area contributed by atoms with Gasteiger partial charge >= 0.3 is 5.97 Å². The van der Waals surface area contributed by atoms with Gasteiger partial charge in [0.1, 0.15) is 5.76 Å². The van der Waals surface area contributed by atoms with Crippen LogP contribution in [0.4, 0.5) is 0 Å². The van der Waals surface area contributed by atoms with Gasteiger partial charge in [-0.05, 0) is 31.5 Å². The zero-order valence-electron chi connectivity index (χ0n) is 11.6. The molecule has 1 aliphatic heterocycles. The van der Waals surface area contributed by atoms with E-state index in [0.29, 0.717) is 19.6 Å². The second-order valence-electron chi connectivity index (χ2n) is 4.95. The van der Waals surface area contributed by atoms with Crippen LogP contribution < -0.4 is 5.32 Å². The molecule has 0 aliphatic carbocycles. The van der Waals surface area contributed by atoms with Crippen molar-refractivity contribution in [1.82, 2.24) is 10.2 Å². The summed E-state index contributed by atoms with van der Waals surface area (Å²) >= 11 is 0. The van der Waals surface area contributed by atoms with E-state index in [1.807, 2.05) is 11.0 Å². The number of nitrogens with one attached hydrogen (secondary N) is 1. The van der Waals surface area contributed by atoms with Crippen molar-refractivity contribution in [2.45, 2.75) is 19.4 Å². The van der Waals surface area contributed by atoms with E-state index in [-0.39, 0.29) is 17.8 Å². The average molecular weight is 280 g/mol. The molecule has 20 heavy (non-hydrogen) atoms. The molecule has 1 saturated heterocycles. The Morgan fingerprint density at radius 3 is 3.10 bits per heavy atom. The predicted octanol–water partition coefficient (Wildman–Crippen LogP) is 0.781. The molecule has 6 nitrogen and oxygen atoms in total. The highest BCUT2D eigenvalue weighted by atomic mass is 16.5. The van der Waals surface area contributed by atoms with E-state index in [1.54, 1.807) is 12.3 Å². The van der Waals surface area contributed by atoms with Crippen LogP contribution in [0.25, 0.3) is 0 Å². The van der Waals surface area contributed by atoms with Gasteiger partial charge in [-0.2, -0.15) is 0 Å². The molecule has 0 radical (unpaired) electrons. The van der Waals surface area contributed by atoms with Crippen molar-refractivity contribution < 1.29 is 18.7 Å². The van der Waals surface area contributed by atoms with Crippen LogP contribution in [0.2, 0.25) is 0 Å². The summed E-state index contributed by atoms with van der Waals surface area (Å²) < 4.78 is 9.91. The minimum absolute atomic E-state index is 0.0630. The van der Waals surface area contributed by atoms with Gasteiger partial charge in [-0.1, -0.05) is 0 Å². The molecule has 0 spiro atoms. The van der Waals surface area contributed by atoms with Gasteiger partial charge in [-0.15, -0.1) is 0 Å². The van der Waals surface area contributed by atoms with Crippen LogP contribution in [-0.2, 0) is 20.9 Å². The first-order valence-corrected chi connectivity index (χ1v) is 6.78. The lowest BCUT2D eigenvalue weighted by Crippen LogP contribution is -2.44. The molecule has 1 atom stereocenters. The molecule has 0 bridgehead atoms. The number of rotatable bonds is 5. The number of likely N-dealkylation sites (tertiary alicyclic amines) is 1. The van der Waals surface area contributed by atoms with Crippen LogP contribution in [-0.4, -0.2) is 43.5 Å². The first-order chi connectivity index (χ1) is 9.69. The molecule has 1 unspecified atom stereocenters. The zero-order chi connectivity index (χ0) is 14.4. The molecule has 1 aromatic heterocycles. The van der Waals surface area contributed by atoms with Gasteiger partial charge in [0.2, 0.25) is 5.91 Å². The van der Waals surface area contributed by atoms with E-state index in [9.17, 15) is 9.59 Å². The molecule has 1 fully saturated rings. The van der Waals surface area contributed by atoms with Gasteiger partial charge in [0.05, 0.1) is 32.4 Å². The van der Waals surface area contributed by atoms with Crippen molar-refractivity contribution >= 4 is 11.9 Å². The number of piperidine rings is 1. The van der Waals surface area contributed by atoms with Crippen molar-refractivity contribution in [1.29, 1.82) is 0 Å². The molecule has 1 amide bonds. The number of carbonyl (C=O) groups is 2. The van der Waals surface area contributed by atoms with E-state index >= 15 is 0 Å². The fourth-order valence-electron chi connectivity index (χ4n) is 2.42. The second kappa shape index (κ2) is 7.09. The lowest BCUT2D eigenvalue weighted by molar-refractivity contribution is -0.147. The predicted molar refractivity (Wildman–Crippen MR) is 71.7 cm³/mol. The smallest absolute Gasteiger partial charge is 0.309 e. The number of furan rings is 1. The van der Waals surface area contributed by atoms with Crippen molar-refractivity contribution in [3.8, 4) is 0 Å². The molecule has 1 N–H and O–H groups in total. The SMILES string of the molecule is COC(=O)C1CCCN(CC(=O)NCc2ccco2)C1. The molecule has 6 heteroatoms. The third kappa shape index (κ3) is 4.09. The number of hydrogen-bond donors (Lipinski definition) is 1. The van der Waals surface area contributed by atoms with E-state index in [4.69, 9.17) is 9.15 Å². The Hall–Kier alpha value is -1.82. The third-order valence-corrected chi connectivity index (χ3v) is 3.45. The Morgan fingerprint density at radius 1 is 1.55 bits per heavy atom. The first kappa shape index (κ1) is 14.6. The number of hydrogen-bond acceptors (Lipinski definition) is 5. The number of methoxy groups -OCH3 is 1. The molecule has 110 valence electrons. The van der Waals surface area contributed by atoms with Crippen LogP contribution in [0.3, 0.4) is 0 Å². The van der Waals surface area contributed by atoms with E-state index in [0.717, 1.165) is 25.1 Å². The molecular weight excluding hydrogens is 260 g/mol. The normalized spacial score (nSPS) is 19.6. The average Bonchev–Trinajstić information content (AvgIpc) is 2.98. The van der Waals surface area contributed by atoms with Crippen molar-refractivity contribution in [3.63, 3.8) is 0 Å². The molecule has 2 rings (SSSR count). The second-order valence-corrected chi connectivity index (χ2v) is 4.95. The van der Waals surface area contributed by atoms with Gasteiger partial charge in [-0.3, -0.25) is 14.5 Å². The maximum Gasteiger partial charge on any atom is 0.309 e. The molecule has 1 aromatic rings. The molecule has 1 aliphatic rings. The largest absolute Gasteiger partial charge is 0.469 e. The van der Waals surface area contributed by atoms with Crippen molar-refractivity contribution in [3.05, 3.63) is 24.2 Å². The number of nitrogens with zero attached hydrogens (tertiary/aromatic N) is 1. The van der Waals surface area contributed by atoms with Crippen LogP contribution in [0.5, 0.6) is 0 Å². The van der Waals surface area contributed by atoms with E-state index in [1.165, 1.54) is 7.11 Å². The topological polar surface area (TPSA) is 71.8 Å². The van der Waals surface area contributed by atoms with Crippen LogP contribution >= 0.6 is 0 Å². The highest BCUT2D eigenvalue weighted by molar-refractivity contribution is 5.78. The number of ether oxygens (including phenoxy) is 1. The summed E-state index contributed by atoms with van der Waals surface area (Å²) in [5.41, 5.74) is 0. The summed E-state index contributed by atoms with van der Waals surface area (Å²) in [5.74, 6) is 0.355. The standard InChI is InChI=1S/C14H20N2O4/c1-19-14(18)11-4-2-6-16(9-11)10-13(17)15-8-12-5-3-7-20-12/h3,5,7,11H,2,4,6,8-10H2,1H3,(H,15,17). The van der Waals surface area contributed by atoms with Gasteiger partial charge < -0.3 is 14.5 Å². The minimum Gasteiger partial charge on any atom is -0.469 e. The summed E-state index contributed by atoms with van der Waals surface area (Å²) in [6.45, 7) is 2.11. The lowest BCUT2D eigenvalue weighted by atomic mass is 9.98. The first-order valence-electron chi connectivity index (χ1n) is 6.78. The number of esters is 1. The Kier molecular flexibility index (Phi) is 5.17. The number of carbonyl (C=O) groups excluding carboxylic acids is 2. The maximum absolute atomic E-state index is 11.8. The van der Waals surface area contributed by atoms with E-state index < -0.39 is 0 Å². The van der Waals surface area contributed by atoms with Crippen molar-refractivity contribution in [2.75, 3.05) is 26.7 Å². The molecular formula is C14H20N2O4. The fraction of sp³-hybridized carbons (Fsp3) is 0.571. The Bertz CT molecular complexity index is 444. The summed E-state index contributed by atoms with van der Waals surface area (Å²) in [4.78, 5) is 25.3. The molecule has 0 saturated carbocycles. The van der Waals surface area contributed by atoms with Gasteiger partial charge in [0.25, 0.3) is 0 Å². The van der Waals surface area contributed by atoms with E-state index in [2.05, 4.69) is 5.32 Å². The van der Waals surface area contributed by atoms with Crippen LogP contribution in [0, 0.1) is 5.92 Å². The maximum atomic E-state index is 11.8. The van der Waals surface area contributed by atoms with Gasteiger partial charge in [0.15, 0.2) is 0 Å². The number of amides is 1. The van der Waals surface area contributed by atoms with Crippen LogP contribution in [0.1, 0.15) is 18.6 Å². The zero-order valence-corrected chi connectivity index (χ0v) is 11.6. The monoisotopic (exact) mass is 280 g/mol. The Balaban J connectivity index is 1.74. The lowest BCUT2D eigenvalue weighted by Gasteiger charge is -2.30. The Labute approximate surface area is 118 Å². The fourth-order valence-corrected chi connectivity index (χ4v) is 2.42. The molecule has 0 aromatic carbocycles. The van der Waals surface area contributed by atoms with Gasteiger partial charge in [0, 0.05) is 6.54 Å². The highest BCUT2D eigenvalue weighted by Gasteiger charge is 2.27. The summed E-state index contributed by atoms with van der Waals surface area (Å²) in [7, 11) is 1.40. The van der Waals surface area contributed by atoms with Crippen molar-refractivity contribution in [2.24, 2.45) is 5.92 Å². The molecule has 2 heterocycles. The summed E-state index contributed by atoms with van der Waals surface area (Å²) in [6, 6.07) is 3.60. The summed E-state index contributed by atoms with van der Waals surface area (Å²) in [6.07, 6.45) is 3.31. The quantitative estimate of drug-likeness (QED) is 0.807. The Morgan fingerprint density at radius 2 is 2.40 bits per heavy atom. The highest BCUT2D eigenvalue weighted by Crippen LogP contribution is 2.17. The third-order valence-electron chi connectivity index (χ3n) is 3.45. The van der Waals surface area contributed by atoms with Crippen LogP contribution in [0.15, 0.2) is 22.8 Å².